The predicted molar refractivity (Wildman–Crippen MR) is 137 cm³/mol. The van der Waals surface area contributed by atoms with Crippen LogP contribution >= 0.6 is 23.4 Å². The Labute approximate surface area is 205 Å². The van der Waals surface area contributed by atoms with Gasteiger partial charge in [-0.2, -0.15) is 11.8 Å². The highest BCUT2D eigenvalue weighted by atomic mass is 35.5. The van der Waals surface area contributed by atoms with Crippen LogP contribution in [0.15, 0.2) is 83.8 Å². The minimum Gasteiger partial charge on any atom is -0.354 e. The van der Waals surface area contributed by atoms with Crippen LogP contribution in [0.3, 0.4) is 0 Å². The third-order valence-electron chi connectivity index (χ3n) is 4.96. The van der Waals surface area contributed by atoms with Crippen molar-refractivity contribution in [1.82, 2.24) is 5.32 Å². The van der Waals surface area contributed by atoms with E-state index in [-0.39, 0.29) is 17.3 Å². The Morgan fingerprint density at radius 3 is 2.33 bits per heavy atom. The Morgan fingerprint density at radius 2 is 1.67 bits per heavy atom. The van der Waals surface area contributed by atoms with Gasteiger partial charge in [0.2, 0.25) is 5.91 Å². The fraction of sp³-hybridized carbons (Fsp3) is 0.240. The van der Waals surface area contributed by atoms with Crippen LogP contribution in [-0.4, -0.2) is 33.2 Å². The zero-order chi connectivity index (χ0) is 23.7. The summed E-state index contributed by atoms with van der Waals surface area (Å²) in [5, 5.41) is 3.28. The van der Waals surface area contributed by atoms with Crippen LogP contribution in [-0.2, 0) is 20.6 Å². The molecular formula is C25H27ClN2O3S2. The second-order valence-electron chi connectivity index (χ2n) is 7.50. The molecule has 0 aromatic heterocycles. The van der Waals surface area contributed by atoms with Gasteiger partial charge in [-0.25, -0.2) is 8.42 Å². The second kappa shape index (κ2) is 12.1. The van der Waals surface area contributed by atoms with E-state index in [4.69, 9.17) is 11.6 Å². The Balaban J connectivity index is 1.61. The van der Waals surface area contributed by atoms with Crippen LogP contribution in [0, 0.1) is 6.92 Å². The number of carbonyl (C=O) groups excluding carboxylic acids is 1. The number of rotatable bonds is 11. The number of hydrogen-bond donors (Lipinski definition) is 1. The Morgan fingerprint density at radius 1 is 1.00 bits per heavy atom. The SMILES string of the molecule is Cc1ccc(N(CC(=O)NCCCSCc2ccccc2)S(=O)(=O)c2ccccc2)cc1Cl. The van der Waals surface area contributed by atoms with Gasteiger partial charge in [0, 0.05) is 17.3 Å². The summed E-state index contributed by atoms with van der Waals surface area (Å²) in [4.78, 5) is 12.8. The van der Waals surface area contributed by atoms with Crippen LogP contribution in [0.5, 0.6) is 0 Å². The van der Waals surface area contributed by atoms with Gasteiger partial charge in [-0.15, -0.1) is 0 Å². The zero-order valence-electron chi connectivity index (χ0n) is 18.4. The van der Waals surface area contributed by atoms with Crippen molar-refractivity contribution in [2.75, 3.05) is 23.1 Å². The van der Waals surface area contributed by atoms with Gasteiger partial charge < -0.3 is 5.32 Å². The van der Waals surface area contributed by atoms with Crippen molar-refractivity contribution >= 4 is 45.0 Å². The molecule has 0 unspecified atom stereocenters. The number of nitrogens with one attached hydrogen (secondary N) is 1. The normalized spacial score (nSPS) is 11.2. The molecule has 0 spiro atoms. The second-order valence-corrected chi connectivity index (χ2v) is 10.9. The molecule has 0 bridgehead atoms. The molecule has 0 fully saturated rings. The summed E-state index contributed by atoms with van der Waals surface area (Å²) in [6, 6.07) is 23.3. The van der Waals surface area contributed by atoms with Gasteiger partial charge in [-0.3, -0.25) is 9.10 Å². The van der Waals surface area contributed by atoms with E-state index >= 15 is 0 Å². The number of sulfonamides is 1. The standard InChI is InChI=1S/C25H27ClN2O3S2/c1-20-13-14-22(17-24(20)26)28(33(30,31)23-11-6-3-7-12-23)18-25(29)27-15-8-16-32-19-21-9-4-2-5-10-21/h2-7,9-14,17H,8,15-16,18-19H2,1H3,(H,27,29). The fourth-order valence-electron chi connectivity index (χ4n) is 3.12. The number of halogens is 1. The number of anilines is 1. The molecule has 0 saturated carbocycles. The lowest BCUT2D eigenvalue weighted by molar-refractivity contribution is -0.119. The first-order chi connectivity index (χ1) is 15.9. The van der Waals surface area contributed by atoms with E-state index in [2.05, 4.69) is 17.4 Å². The molecule has 1 amide bonds. The molecule has 3 rings (SSSR count). The van der Waals surface area contributed by atoms with Gasteiger partial charge in [0.15, 0.2) is 0 Å². The molecule has 0 aliphatic carbocycles. The molecule has 0 saturated heterocycles. The molecule has 1 N–H and O–H groups in total. The summed E-state index contributed by atoms with van der Waals surface area (Å²) in [6.07, 6.45) is 0.797. The number of carbonyl (C=O) groups is 1. The summed E-state index contributed by atoms with van der Waals surface area (Å²) in [5.74, 6) is 1.46. The van der Waals surface area contributed by atoms with Crippen molar-refractivity contribution in [1.29, 1.82) is 0 Å². The van der Waals surface area contributed by atoms with E-state index < -0.39 is 10.0 Å². The Kier molecular flexibility index (Phi) is 9.23. The minimum atomic E-state index is -3.94. The Hall–Kier alpha value is -2.48. The maximum atomic E-state index is 13.3. The van der Waals surface area contributed by atoms with Gasteiger partial charge in [0.1, 0.15) is 6.54 Å². The molecule has 0 atom stereocenters. The highest BCUT2D eigenvalue weighted by Crippen LogP contribution is 2.27. The molecule has 5 nitrogen and oxygen atoms in total. The molecule has 8 heteroatoms. The summed E-state index contributed by atoms with van der Waals surface area (Å²) < 4.78 is 27.7. The molecular weight excluding hydrogens is 476 g/mol. The van der Waals surface area contributed by atoms with Crippen molar-refractivity contribution in [2.45, 2.75) is 24.0 Å². The van der Waals surface area contributed by atoms with Crippen LogP contribution in [0.25, 0.3) is 0 Å². The predicted octanol–water partition coefficient (Wildman–Crippen LogP) is 5.28. The van der Waals surface area contributed by atoms with Gasteiger partial charge in [0.25, 0.3) is 10.0 Å². The summed E-state index contributed by atoms with van der Waals surface area (Å²) in [6.45, 7) is 1.99. The maximum Gasteiger partial charge on any atom is 0.264 e. The van der Waals surface area contributed by atoms with E-state index in [9.17, 15) is 13.2 Å². The maximum absolute atomic E-state index is 13.3. The molecule has 0 heterocycles. The number of benzene rings is 3. The van der Waals surface area contributed by atoms with Crippen LogP contribution in [0.2, 0.25) is 5.02 Å². The van der Waals surface area contributed by atoms with Crippen molar-refractivity contribution < 1.29 is 13.2 Å². The smallest absolute Gasteiger partial charge is 0.264 e. The minimum absolute atomic E-state index is 0.117. The quantitative estimate of drug-likeness (QED) is 0.362. The fourth-order valence-corrected chi connectivity index (χ4v) is 5.65. The largest absolute Gasteiger partial charge is 0.354 e. The van der Waals surface area contributed by atoms with E-state index in [1.165, 1.54) is 17.7 Å². The van der Waals surface area contributed by atoms with Crippen LogP contribution < -0.4 is 9.62 Å². The lowest BCUT2D eigenvalue weighted by Gasteiger charge is -2.24. The third-order valence-corrected chi connectivity index (χ3v) is 8.27. The number of aryl methyl sites for hydroxylation is 1. The van der Waals surface area contributed by atoms with Crippen molar-refractivity contribution in [3.8, 4) is 0 Å². The zero-order valence-corrected chi connectivity index (χ0v) is 20.8. The van der Waals surface area contributed by atoms with Gasteiger partial charge in [-0.1, -0.05) is 66.2 Å². The van der Waals surface area contributed by atoms with E-state index in [1.807, 2.05) is 25.1 Å². The molecule has 33 heavy (non-hydrogen) atoms. The topological polar surface area (TPSA) is 66.5 Å². The lowest BCUT2D eigenvalue weighted by atomic mass is 10.2. The number of amides is 1. The average Bonchev–Trinajstić information content (AvgIpc) is 2.83. The molecule has 3 aromatic rings. The van der Waals surface area contributed by atoms with E-state index in [0.717, 1.165) is 27.8 Å². The molecule has 174 valence electrons. The average molecular weight is 503 g/mol. The number of thioether (sulfide) groups is 1. The molecule has 0 aliphatic rings. The van der Waals surface area contributed by atoms with Crippen molar-refractivity contribution in [2.24, 2.45) is 0 Å². The number of nitrogens with zero attached hydrogens (tertiary/aromatic N) is 1. The van der Waals surface area contributed by atoms with Gasteiger partial charge in [0.05, 0.1) is 10.6 Å². The lowest BCUT2D eigenvalue weighted by Crippen LogP contribution is -2.41. The van der Waals surface area contributed by atoms with Crippen molar-refractivity contribution in [3.63, 3.8) is 0 Å². The van der Waals surface area contributed by atoms with Crippen LogP contribution in [0.4, 0.5) is 5.69 Å². The third kappa shape index (κ3) is 7.25. The monoisotopic (exact) mass is 502 g/mol. The van der Waals surface area contributed by atoms with Crippen molar-refractivity contribution in [3.05, 3.63) is 95.0 Å². The first-order valence-electron chi connectivity index (χ1n) is 10.6. The molecule has 0 radical (unpaired) electrons. The molecule has 0 aliphatic heterocycles. The summed E-state index contributed by atoms with van der Waals surface area (Å²) in [7, 11) is -3.94. The first kappa shape index (κ1) is 25.1. The molecule has 3 aromatic carbocycles. The first-order valence-corrected chi connectivity index (χ1v) is 13.6. The van der Waals surface area contributed by atoms with Gasteiger partial charge >= 0.3 is 0 Å². The summed E-state index contributed by atoms with van der Waals surface area (Å²) >= 11 is 8.04. The van der Waals surface area contributed by atoms with Crippen LogP contribution in [0.1, 0.15) is 17.5 Å². The van der Waals surface area contributed by atoms with E-state index in [1.54, 1.807) is 48.2 Å². The highest BCUT2D eigenvalue weighted by Gasteiger charge is 2.27. The number of hydrogen-bond acceptors (Lipinski definition) is 4. The van der Waals surface area contributed by atoms with E-state index in [0.29, 0.717) is 17.3 Å². The Bertz CT molecular complexity index is 1160. The summed E-state index contributed by atoms with van der Waals surface area (Å²) in [5.41, 5.74) is 2.45. The highest BCUT2D eigenvalue weighted by molar-refractivity contribution is 7.98. The van der Waals surface area contributed by atoms with Gasteiger partial charge in [-0.05, 0) is 54.5 Å².